The highest BCUT2D eigenvalue weighted by Gasteiger charge is 2.45. The molecule has 1 aliphatic rings. The van der Waals surface area contributed by atoms with Crippen molar-refractivity contribution in [1.29, 1.82) is 0 Å². The van der Waals surface area contributed by atoms with Crippen LogP contribution in [0.25, 0.3) is 0 Å². The molecule has 0 aliphatic heterocycles. The molecule has 0 heterocycles. The van der Waals surface area contributed by atoms with E-state index in [0.29, 0.717) is 0 Å². The van der Waals surface area contributed by atoms with Crippen LogP contribution in [0.15, 0.2) is 0 Å². The summed E-state index contributed by atoms with van der Waals surface area (Å²) in [4.78, 5) is 10.9. The van der Waals surface area contributed by atoms with Crippen molar-refractivity contribution in [3.8, 4) is 0 Å². The molecular formula is C7H12O5. The Bertz CT molecular complexity index is 174. The lowest BCUT2D eigenvalue weighted by atomic mass is 9.81. The van der Waals surface area contributed by atoms with Gasteiger partial charge < -0.3 is 20.4 Å². The normalized spacial score (nSPS) is 49.4. The van der Waals surface area contributed by atoms with Crippen LogP contribution < -0.4 is 0 Å². The van der Waals surface area contributed by atoms with Gasteiger partial charge in [-0.25, -0.2) is 0 Å². The summed E-state index contributed by atoms with van der Waals surface area (Å²) in [6, 6.07) is 0. The molecule has 1 unspecified atom stereocenters. The van der Waals surface area contributed by atoms with Crippen LogP contribution in [0.3, 0.4) is 0 Å². The first-order valence-electron chi connectivity index (χ1n) is 3.72. The summed E-state index contributed by atoms with van der Waals surface area (Å²) in [5.41, 5.74) is 0. The molecule has 1 fully saturated rings. The number of hydrogen-bond donors (Lipinski definition) is 4. The van der Waals surface area contributed by atoms with Gasteiger partial charge in [-0.05, 0) is 0 Å². The molecule has 1 rings (SSSR count). The average molecular weight is 176 g/mol. The SMILES string of the molecule is CC1[C@H](O)[C@H](O)C(=O)[C@H](O)[C@H]1O. The number of aliphatic hydroxyl groups excluding tert-OH is 4. The Balaban J connectivity index is 2.83. The lowest BCUT2D eigenvalue weighted by Crippen LogP contribution is -2.57. The zero-order valence-corrected chi connectivity index (χ0v) is 6.58. The summed E-state index contributed by atoms with van der Waals surface area (Å²) in [5.74, 6) is -1.62. The van der Waals surface area contributed by atoms with Gasteiger partial charge in [0.1, 0.15) is 12.2 Å². The second-order valence-electron chi connectivity index (χ2n) is 3.13. The Morgan fingerprint density at radius 1 is 1.00 bits per heavy atom. The van der Waals surface area contributed by atoms with Gasteiger partial charge in [0.25, 0.3) is 0 Å². The molecular weight excluding hydrogens is 164 g/mol. The van der Waals surface area contributed by atoms with Crippen LogP contribution in [0.1, 0.15) is 6.92 Å². The van der Waals surface area contributed by atoms with E-state index in [1.807, 2.05) is 0 Å². The van der Waals surface area contributed by atoms with Crippen LogP contribution in [0.5, 0.6) is 0 Å². The highest BCUT2D eigenvalue weighted by atomic mass is 16.4. The minimum atomic E-state index is -1.58. The van der Waals surface area contributed by atoms with Gasteiger partial charge in [-0.15, -0.1) is 0 Å². The molecule has 70 valence electrons. The van der Waals surface area contributed by atoms with Crippen molar-refractivity contribution in [1.82, 2.24) is 0 Å². The van der Waals surface area contributed by atoms with Crippen molar-refractivity contribution in [3.63, 3.8) is 0 Å². The van der Waals surface area contributed by atoms with E-state index in [9.17, 15) is 4.79 Å². The number of Topliss-reactive ketones (excluding diaryl/α,β-unsaturated/α-hetero) is 1. The van der Waals surface area contributed by atoms with Gasteiger partial charge in [-0.3, -0.25) is 4.79 Å². The van der Waals surface area contributed by atoms with Gasteiger partial charge in [0.2, 0.25) is 0 Å². The molecule has 1 saturated carbocycles. The third kappa shape index (κ3) is 1.25. The van der Waals surface area contributed by atoms with Crippen LogP contribution in [0.4, 0.5) is 0 Å². The fourth-order valence-electron chi connectivity index (χ4n) is 1.29. The Labute approximate surface area is 69.3 Å². The molecule has 5 heteroatoms. The molecule has 0 bridgehead atoms. The first-order valence-corrected chi connectivity index (χ1v) is 3.72. The zero-order chi connectivity index (χ0) is 9.46. The van der Waals surface area contributed by atoms with E-state index in [-0.39, 0.29) is 0 Å². The molecule has 5 nitrogen and oxygen atoms in total. The maximum absolute atomic E-state index is 10.9. The fraction of sp³-hybridized carbons (Fsp3) is 0.857. The van der Waals surface area contributed by atoms with E-state index in [1.165, 1.54) is 6.92 Å². The molecule has 12 heavy (non-hydrogen) atoms. The largest absolute Gasteiger partial charge is 0.390 e. The zero-order valence-electron chi connectivity index (χ0n) is 6.58. The molecule has 0 aromatic rings. The number of ketones is 1. The van der Waals surface area contributed by atoms with E-state index in [4.69, 9.17) is 20.4 Å². The van der Waals surface area contributed by atoms with Crippen LogP contribution >= 0.6 is 0 Å². The molecule has 0 aromatic heterocycles. The number of hydrogen-bond acceptors (Lipinski definition) is 5. The number of carbonyl (C=O) groups is 1. The van der Waals surface area contributed by atoms with Crippen LogP contribution in [-0.4, -0.2) is 50.6 Å². The van der Waals surface area contributed by atoms with Crippen molar-refractivity contribution in [2.24, 2.45) is 5.92 Å². The van der Waals surface area contributed by atoms with E-state index < -0.39 is 36.1 Å². The molecule has 0 spiro atoms. The summed E-state index contributed by atoms with van der Waals surface area (Å²) < 4.78 is 0. The van der Waals surface area contributed by atoms with E-state index >= 15 is 0 Å². The predicted octanol–water partition coefficient (Wildman–Crippen LogP) is -2.35. The van der Waals surface area contributed by atoms with Crippen LogP contribution in [0, 0.1) is 5.92 Å². The summed E-state index contributed by atoms with van der Waals surface area (Å²) in [5, 5.41) is 36.4. The fourth-order valence-corrected chi connectivity index (χ4v) is 1.29. The minimum Gasteiger partial charge on any atom is -0.390 e. The Morgan fingerprint density at radius 2 is 1.33 bits per heavy atom. The van der Waals surface area contributed by atoms with Gasteiger partial charge in [0.15, 0.2) is 5.78 Å². The maximum Gasteiger partial charge on any atom is 0.194 e. The lowest BCUT2D eigenvalue weighted by Gasteiger charge is -2.35. The van der Waals surface area contributed by atoms with Crippen molar-refractivity contribution in [2.75, 3.05) is 0 Å². The third-order valence-electron chi connectivity index (χ3n) is 2.31. The van der Waals surface area contributed by atoms with Crippen molar-refractivity contribution < 1.29 is 25.2 Å². The molecule has 0 aromatic carbocycles. The number of aliphatic hydroxyl groups is 4. The maximum atomic E-state index is 10.9. The molecule has 0 saturated heterocycles. The average Bonchev–Trinajstić information content (AvgIpc) is 2.08. The van der Waals surface area contributed by atoms with Crippen LogP contribution in [0.2, 0.25) is 0 Å². The first kappa shape index (κ1) is 9.60. The smallest absolute Gasteiger partial charge is 0.194 e. The Hall–Kier alpha value is -0.490. The standard InChI is InChI=1S/C7H12O5/c1-2-3(8)5(10)7(12)6(11)4(2)9/h2-6,8-11H,1H3/t2?,3-,4-,5-,6+/m0/s1. The second-order valence-corrected chi connectivity index (χ2v) is 3.13. The Kier molecular flexibility index (Phi) is 2.48. The summed E-state index contributed by atoms with van der Waals surface area (Å²) >= 11 is 0. The summed E-state index contributed by atoms with van der Waals surface area (Å²) in [6.45, 7) is 1.45. The monoisotopic (exact) mass is 176 g/mol. The molecule has 1 aliphatic carbocycles. The van der Waals surface area contributed by atoms with Gasteiger partial charge in [0, 0.05) is 5.92 Å². The highest BCUT2D eigenvalue weighted by molar-refractivity contribution is 5.89. The van der Waals surface area contributed by atoms with Crippen molar-refractivity contribution in [2.45, 2.75) is 31.3 Å². The van der Waals surface area contributed by atoms with Gasteiger partial charge in [-0.1, -0.05) is 6.92 Å². The molecule has 0 radical (unpaired) electrons. The summed E-state index contributed by atoms with van der Waals surface area (Å²) in [7, 11) is 0. The van der Waals surface area contributed by atoms with Gasteiger partial charge >= 0.3 is 0 Å². The quantitative estimate of drug-likeness (QED) is 0.331. The van der Waals surface area contributed by atoms with E-state index in [1.54, 1.807) is 0 Å². The van der Waals surface area contributed by atoms with Crippen LogP contribution in [-0.2, 0) is 4.79 Å². The van der Waals surface area contributed by atoms with Crippen molar-refractivity contribution >= 4 is 5.78 Å². The Morgan fingerprint density at radius 3 is 1.67 bits per heavy atom. The first-order chi connectivity index (χ1) is 5.46. The predicted molar refractivity (Wildman–Crippen MR) is 38.2 cm³/mol. The van der Waals surface area contributed by atoms with Crippen molar-refractivity contribution in [3.05, 3.63) is 0 Å². The molecule has 4 N–H and O–H groups in total. The third-order valence-corrected chi connectivity index (χ3v) is 2.31. The lowest BCUT2D eigenvalue weighted by molar-refractivity contribution is -0.170. The number of carbonyl (C=O) groups excluding carboxylic acids is 1. The number of rotatable bonds is 0. The summed E-state index contributed by atoms with van der Waals surface area (Å²) in [6.07, 6.45) is -5.76. The topological polar surface area (TPSA) is 98.0 Å². The highest BCUT2D eigenvalue weighted by Crippen LogP contribution is 2.22. The molecule has 5 atom stereocenters. The van der Waals surface area contributed by atoms with Gasteiger partial charge in [-0.2, -0.15) is 0 Å². The van der Waals surface area contributed by atoms with E-state index in [0.717, 1.165) is 0 Å². The van der Waals surface area contributed by atoms with E-state index in [2.05, 4.69) is 0 Å². The van der Waals surface area contributed by atoms with Gasteiger partial charge in [0.05, 0.1) is 12.2 Å². The second kappa shape index (κ2) is 3.10. The minimum absolute atomic E-state index is 0.701. The molecule has 0 amide bonds.